The fourth-order valence-electron chi connectivity index (χ4n) is 4.01. The zero-order valence-corrected chi connectivity index (χ0v) is 22.7. The predicted octanol–water partition coefficient (Wildman–Crippen LogP) is 4.27. The Morgan fingerprint density at radius 3 is 2.55 bits per heavy atom. The second-order valence-electron chi connectivity index (χ2n) is 10.5. The third-order valence-corrected chi connectivity index (χ3v) is 6.41. The van der Waals surface area contributed by atoms with Gasteiger partial charge in [0.2, 0.25) is 0 Å². The maximum Gasteiger partial charge on any atom is 0.256 e. The third kappa shape index (κ3) is 6.20. The number of aryl methyl sites for hydroxylation is 1. The van der Waals surface area contributed by atoms with E-state index in [1.807, 2.05) is 45.9 Å². The topological polar surface area (TPSA) is 125 Å². The molecule has 0 unspecified atom stereocenters. The quantitative estimate of drug-likeness (QED) is 0.314. The highest BCUT2D eigenvalue weighted by atomic mass is 16.5. The summed E-state index contributed by atoms with van der Waals surface area (Å²) in [6.45, 7) is 15.4. The Kier molecular flexibility index (Phi) is 7.82. The second kappa shape index (κ2) is 11.1. The zero-order valence-electron chi connectivity index (χ0n) is 22.7. The average molecular weight is 517 g/mol. The molecule has 1 aliphatic rings. The van der Waals surface area contributed by atoms with Crippen LogP contribution in [0.5, 0.6) is 0 Å². The molecule has 3 aromatic rings. The van der Waals surface area contributed by atoms with Gasteiger partial charge in [0.25, 0.3) is 5.91 Å². The van der Waals surface area contributed by atoms with Gasteiger partial charge in [0.05, 0.1) is 11.4 Å². The molecule has 1 fully saturated rings. The van der Waals surface area contributed by atoms with E-state index in [9.17, 15) is 4.79 Å². The van der Waals surface area contributed by atoms with E-state index in [1.54, 1.807) is 24.4 Å². The van der Waals surface area contributed by atoms with Crippen LogP contribution < -0.4 is 21.3 Å². The number of hydrogen-bond donors (Lipinski definition) is 3. The normalized spacial score (nSPS) is 14.9. The number of rotatable bonds is 7. The molecule has 0 aliphatic carbocycles. The van der Waals surface area contributed by atoms with Crippen molar-refractivity contribution in [1.29, 1.82) is 0 Å². The number of nitrogens with zero attached hydrogens (tertiary/aromatic N) is 5. The zero-order chi connectivity index (χ0) is 27.4. The minimum atomic E-state index is -0.321. The molecule has 3 heterocycles. The van der Waals surface area contributed by atoms with Crippen LogP contribution in [0, 0.1) is 6.92 Å². The molecule has 0 radical (unpaired) electrons. The number of piperazine rings is 1. The number of nitrogens with one attached hydrogen (secondary N) is 2. The van der Waals surface area contributed by atoms with Gasteiger partial charge in [-0.2, -0.15) is 0 Å². The highest BCUT2D eigenvalue weighted by Crippen LogP contribution is 2.27. The molecule has 10 heteroatoms. The summed E-state index contributed by atoms with van der Waals surface area (Å²) in [6.07, 6.45) is 1.58. The molecule has 0 spiro atoms. The number of nitrogens with two attached hydrogens (primary N) is 1. The van der Waals surface area contributed by atoms with Crippen LogP contribution in [0.1, 0.15) is 48.1 Å². The van der Waals surface area contributed by atoms with E-state index in [0.29, 0.717) is 34.2 Å². The number of anilines is 3. The Bertz CT molecular complexity index is 1350. The van der Waals surface area contributed by atoms with Gasteiger partial charge in [0.15, 0.2) is 11.7 Å². The van der Waals surface area contributed by atoms with Gasteiger partial charge in [-0.05, 0) is 50.0 Å². The smallest absolute Gasteiger partial charge is 0.256 e. The number of carbonyl (C=O) groups excluding carboxylic acids is 1. The minimum absolute atomic E-state index is 0.214. The Labute approximate surface area is 223 Å². The van der Waals surface area contributed by atoms with E-state index in [4.69, 9.17) is 15.2 Å². The van der Waals surface area contributed by atoms with Crippen LogP contribution in [0.3, 0.4) is 0 Å². The van der Waals surface area contributed by atoms with Crippen LogP contribution in [0.15, 0.2) is 58.7 Å². The summed E-state index contributed by atoms with van der Waals surface area (Å²) in [6, 6.07) is 10.9. The lowest BCUT2D eigenvalue weighted by atomic mass is 9.93. The van der Waals surface area contributed by atoms with Crippen LogP contribution in [0.4, 0.5) is 23.0 Å². The largest absolute Gasteiger partial charge is 0.382 e. The van der Waals surface area contributed by atoms with Crippen molar-refractivity contribution >= 4 is 34.8 Å². The Balaban J connectivity index is 1.60. The van der Waals surface area contributed by atoms with Gasteiger partial charge in [0.1, 0.15) is 17.3 Å². The number of aromatic nitrogens is 2. The van der Waals surface area contributed by atoms with Crippen molar-refractivity contribution in [1.82, 2.24) is 15.0 Å². The van der Waals surface area contributed by atoms with Crippen molar-refractivity contribution in [2.75, 3.05) is 48.8 Å². The van der Waals surface area contributed by atoms with E-state index in [0.717, 1.165) is 37.6 Å². The molecule has 4 N–H and O–H groups in total. The number of benzene rings is 1. The highest BCUT2D eigenvalue weighted by Gasteiger charge is 2.21. The first-order valence-corrected chi connectivity index (χ1v) is 12.6. The molecule has 4 rings (SSSR count). The number of aliphatic imine (C=N–C) groups is 1. The molecule has 1 aliphatic heterocycles. The van der Waals surface area contributed by atoms with Crippen molar-refractivity contribution in [3.05, 3.63) is 71.8 Å². The summed E-state index contributed by atoms with van der Waals surface area (Å²) < 4.78 is 5.37. The van der Waals surface area contributed by atoms with Gasteiger partial charge in [-0.25, -0.2) is 9.98 Å². The van der Waals surface area contributed by atoms with Gasteiger partial charge in [0, 0.05) is 43.2 Å². The summed E-state index contributed by atoms with van der Waals surface area (Å²) in [7, 11) is 2.11. The molecule has 1 saturated heterocycles. The van der Waals surface area contributed by atoms with Crippen LogP contribution in [0.2, 0.25) is 0 Å². The molecule has 2 aromatic heterocycles. The first-order chi connectivity index (χ1) is 18.0. The number of carbonyl (C=O) groups is 1. The lowest BCUT2D eigenvalue weighted by molar-refractivity contribution is 0.102. The SMILES string of the molecule is C=CNc1ccc(N2CCN(C)CC2)nc1C(N)=Nc1cc(C(=O)Nc2cc(C(C)(C)C)on2)ccc1C. The fourth-order valence-corrected chi connectivity index (χ4v) is 4.01. The maximum atomic E-state index is 13.0. The third-order valence-electron chi connectivity index (χ3n) is 6.41. The van der Waals surface area contributed by atoms with Gasteiger partial charge in [-0.15, -0.1) is 0 Å². The molecular weight excluding hydrogens is 480 g/mol. The molecular formula is C28H36N8O2. The van der Waals surface area contributed by atoms with E-state index >= 15 is 0 Å². The van der Waals surface area contributed by atoms with Crippen molar-refractivity contribution < 1.29 is 9.32 Å². The van der Waals surface area contributed by atoms with E-state index < -0.39 is 0 Å². The Morgan fingerprint density at radius 2 is 1.89 bits per heavy atom. The van der Waals surface area contributed by atoms with Gasteiger partial charge in [-0.3, -0.25) is 4.79 Å². The lowest BCUT2D eigenvalue weighted by Gasteiger charge is -2.33. The van der Waals surface area contributed by atoms with Gasteiger partial charge in [-0.1, -0.05) is 38.6 Å². The Morgan fingerprint density at radius 1 is 1.16 bits per heavy atom. The molecule has 0 bridgehead atoms. The highest BCUT2D eigenvalue weighted by molar-refractivity contribution is 6.05. The summed E-state index contributed by atoms with van der Waals surface area (Å²) in [5.41, 5.74) is 9.38. The minimum Gasteiger partial charge on any atom is -0.382 e. The standard InChI is InChI=1S/C28H36N8O2/c1-7-30-20-10-11-24(36-14-12-35(6)13-15-36)33-25(20)26(29)31-21-16-19(9-8-18(21)2)27(37)32-23-17-22(38-34-23)28(3,4)5/h7-11,16-17,30H,1,12-15H2,2-6H3,(H2,29,31)(H,32,34,37). The average Bonchev–Trinajstić information content (AvgIpc) is 3.35. The molecule has 200 valence electrons. The first kappa shape index (κ1) is 26.9. The number of pyridine rings is 1. The van der Waals surface area contributed by atoms with Crippen LogP contribution >= 0.6 is 0 Å². The van der Waals surface area contributed by atoms with E-state index in [1.165, 1.54) is 0 Å². The van der Waals surface area contributed by atoms with E-state index in [-0.39, 0.29) is 17.2 Å². The Hall–Kier alpha value is -4.18. The van der Waals surface area contributed by atoms with Crippen molar-refractivity contribution in [3.8, 4) is 0 Å². The van der Waals surface area contributed by atoms with Gasteiger partial charge < -0.3 is 30.7 Å². The van der Waals surface area contributed by atoms with Crippen LogP contribution in [-0.4, -0.2) is 60.0 Å². The van der Waals surface area contributed by atoms with Crippen LogP contribution in [-0.2, 0) is 5.41 Å². The summed E-state index contributed by atoms with van der Waals surface area (Å²) >= 11 is 0. The molecule has 10 nitrogen and oxygen atoms in total. The van der Waals surface area contributed by atoms with E-state index in [2.05, 4.69) is 44.2 Å². The summed E-state index contributed by atoms with van der Waals surface area (Å²) in [5, 5.41) is 9.86. The number of likely N-dealkylation sites (N-methyl/N-ethyl adjacent to an activating group) is 1. The summed E-state index contributed by atoms with van der Waals surface area (Å²) in [4.78, 5) is 27.0. The monoisotopic (exact) mass is 516 g/mol. The number of amidine groups is 1. The van der Waals surface area contributed by atoms with Crippen molar-refractivity contribution in [2.45, 2.75) is 33.1 Å². The molecule has 0 atom stereocenters. The molecule has 0 saturated carbocycles. The molecule has 38 heavy (non-hydrogen) atoms. The first-order valence-electron chi connectivity index (χ1n) is 12.6. The molecule has 1 amide bonds. The van der Waals surface area contributed by atoms with Crippen molar-refractivity contribution in [2.24, 2.45) is 10.7 Å². The molecule has 1 aromatic carbocycles. The number of amides is 1. The predicted molar refractivity (Wildman–Crippen MR) is 152 cm³/mol. The number of hydrogen-bond acceptors (Lipinski definition) is 8. The van der Waals surface area contributed by atoms with Crippen molar-refractivity contribution in [3.63, 3.8) is 0 Å². The lowest BCUT2D eigenvalue weighted by Crippen LogP contribution is -2.45. The summed E-state index contributed by atoms with van der Waals surface area (Å²) in [5.74, 6) is 1.79. The second-order valence-corrected chi connectivity index (χ2v) is 10.5. The fraction of sp³-hybridized carbons (Fsp3) is 0.357. The maximum absolute atomic E-state index is 13.0. The van der Waals surface area contributed by atoms with Crippen LogP contribution in [0.25, 0.3) is 0 Å². The van der Waals surface area contributed by atoms with Gasteiger partial charge >= 0.3 is 0 Å².